The van der Waals surface area contributed by atoms with Crippen molar-refractivity contribution in [3.8, 4) is 0 Å². The number of para-hydroxylation sites is 1. The number of carbonyl (C=O) groups is 2. The number of alkyl halides is 3. The van der Waals surface area contributed by atoms with Gasteiger partial charge in [-0.05, 0) is 32.4 Å². The zero-order chi connectivity index (χ0) is 18.8. The smallest absolute Gasteiger partial charge is 0.405 e. The van der Waals surface area contributed by atoms with E-state index in [4.69, 9.17) is 4.74 Å². The van der Waals surface area contributed by atoms with Crippen molar-refractivity contribution in [1.82, 2.24) is 10.3 Å². The number of pyridine rings is 1. The fraction of sp³-hybridized carbons (Fsp3) is 0.353. The van der Waals surface area contributed by atoms with Crippen LogP contribution in [-0.2, 0) is 9.53 Å². The zero-order valence-electron chi connectivity index (χ0n) is 13.9. The number of carbonyl (C=O) groups excluding carboxylic acids is 2. The highest BCUT2D eigenvalue weighted by Crippen LogP contribution is 2.23. The first-order valence-corrected chi connectivity index (χ1v) is 7.51. The number of rotatable bonds is 4. The number of amides is 1. The monoisotopic (exact) mass is 354 g/mol. The molecule has 1 heterocycles. The molecule has 0 fully saturated rings. The highest BCUT2D eigenvalue weighted by atomic mass is 19.4. The normalized spacial score (nSPS) is 12.7. The Morgan fingerprint density at radius 3 is 2.52 bits per heavy atom. The van der Waals surface area contributed by atoms with Crippen molar-refractivity contribution in [1.29, 1.82) is 0 Å². The van der Waals surface area contributed by atoms with Crippen molar-refractivity contribution in [2.45, 2.75) is 33.1 Å². The van der Waals surface area contributed by atoms with E-state index in [1.165, 1.54) is 6.92 Å². The van der Waals surface area contributed by atoms with E-state index in [1.54, 1.807) is 37.4 Å². The van der Waals surface area contributed by atoms with E-state index in [9.17, 15) is 22.8 Å². The van der Waals surface area contributed by atoms with E-state index < -0.39 is 30.7 Å². The van der Waals surface area contributed by atoms with Crippen molar-refractivity contribution >= 4 is 22.8 Å². The van der Waals surface area contributed by atoms with Gasteiger partial charge in [0, 0.05) is 5.39 Å². The lowest BCUT2D eigenvalue weighted by molar-refractivity contribution is -0.143. The van der Waals surface area contributed by atoms with E-state index >= 15 is 0 Å². The maximum atomic E-state index is 12.4. The Morgan fingerprint density at radius 1 is 1.24 bits per heavy atom. The van der Waals surface area contributed by atoms with Crippen LogP contribution in [0.3, 0.4) is 0 Å². The number of fused-ring (bicyclic) bond motifs is 1. The predicted molar refractivity (Wildman–Crippen MR) is 85.2 cm³/mol. The number of nitrogens with zero attached hydrogens (tertiary/aromatic N) is 1. The van der Waals surface area contributed by atoms with Crippen LogP contribution >= 0.6 is 0 Å². The van der Waals surface area contributed by atoms with Gasteiger partial charge in [0.2, 0.25) is 0 Å². The third-order valence-electron chi connectivity index (χ3n) is 3.65. The Morgan fingerprint density at radius 2 is 1.88 bits per heavy atom. The summed E-state index contributed by atoms with van der Waals surface area (Å²) in [7, 11) is 0. The van der Waals surface area contributed by atoms with Gasteiger partial charge < -0.3 is 10.1 Å². The van der Waals surface area contributed by atoms with Crippen LogP contribution in [0, 0.1) is 13.8 Å². The molecule has 2 rings (SSSR count). The molecule has 0 saturated heterocycles. The predicted octanol–water partition coefficient (Wildman–Crippen LogP) is 3.08. The fourth-order valence-corrected chi connectivity index (χ4v) is 2.44. The molecule has 0 radical (unpaired) electrons. The van der Waals surface area contributed by atoms with Crippen molar-refractivity contribution in [3.05, 3.63) is 41.1 Å². The number of aromatic nitrogens is 1. The standard InChI is InChI=1S/C17H17F3N2O3/c1-9-12-6-4-5-7-13(12)22-10(2)14(9)16(24)25-11(3)15(23)21-8-17(18,19)20/h4-7,11H,8H2,1-3H3,(H,21,23). The second-order valence-electron chi connectivity index (χ2n) is 5.59. The SMILES string of the molecule is Cc1nc2ccccc2c(C)c1C(=O)OC(C)C(=O)NCC(F)(F)F. The molecule has 0 saturated carbocycles. The molecule has 0 aliphatic carbocycles. The lowest BCUT2D eigenvalue weighted by atomic mass is 10.0. The van der Waals surface area contributed by atoms with Crippen LogP contribution in [0.25, 0.3) is 10.9 Å². The van der Waals surface area contributed by atoms with E-state index in [2.05, 4.69) is 4.98 Å². The third-order valence-corrected chi connectivity index (χ3v) is 3.65. The molecule has 1 unspecified atom stereocenters. The number of nitrogens with one attached hydrogen (secondary N) is 1. The second-order valence-corrected chi connectivity index (χ2v) is 5.59. The molecular formula is C17H17F3N2O3. The molecule has 8 heteroatoms. The minimum Gasteiger partial charge on any atom is -0.449 e. The van der Waals surface area contributed by atoms with Gasteiger partial charge >= 0.3 is 12.1 Å². The first-order chi connectivity index (χ1) is 11.6. The molecule has 0 bridgehead atoms. The molecule has 1 aromatic heterocycles. The van der Waals surface area contributed by atoms with Gasteiger partial charge in [-0.1, -0.05) is 18.2 Å². The summed E-state index contributed by atoms with van der Waals surface area (Å²) in [5.41, 5.74) is 1.97. The van der Waals surface area contributed by atoms with E-state index in [0.29, 0.717) is 16.8 Å². The van der Waals surface area contributed by atoms with Crippen molar-refractivity contribution in [2.24, 2.45) is 0 Å². The maximum Gasteiger partial charge on any atom is 0.405 e. The Bertz CT molecular complexity index is 819. The number of ether oxygens (including phenoxy) is 1. The number of halogens is 3. The quantitative estimate of drug-likeness (QED) is 0.857. The third kappa shape index (κ3) is 4.46. The van der Waals surface area contributed by atoms with Crippen LogP contribution in [-0.4, -0.2) is 35.7 Å². The Balaban J connectivity index is 2.18. The van der Waals surface area contributed by atoms with E-state index in [1.807, 2.05) is 6.07 Å². The summed E-state index contributed by atoms with van der Waals surface area (Å²) >= 11 is 0. The first kappa shape index (κ1) is 18.7. The van der Waals surface area contributed by atoms with E-state index in [0.717, 1.165) is 5.39 Å². The van der Waals surface area contributed by atoms with Gasteiger partial charge in [0.25, 0.3) is 5.91 Å². The van der Waals surface area contributed by atoms with Crippen LogP contribution in [0.5, 0.6) is 0 Å². The van der Waals surface area contributed by atoms with Crippen LogP contribution < -0.4 is 5.32 Å². The molecule has 134 valence electrons. The van der Waals surface area contributed by atoms with Crippen LogP contribution in [0.1, 0.15) is 28.5 Å². The topological polar surface area (TPSA) is 68.3 Å². The van der Waals surface area contributed by atoms with E-state index in [-0.39, 0.29) is 5.56 Å². The second kappa shape index (κ2) is 7.08. The van der Waals surface area contributed by atoms with Gasteiger partial charge in [0.1, 0.15) is 6.54 Å². The van der Waals surface area contributed by atoms with Gasteiger partial charge in [-0.25, -0.2) is 4.79 Å². The average molecular weight is 354 g/mol. The lowest BCUT2D eigenvalue weighted by Gasteiger charge is -2.16. The Labute approximate surface area is 142 Å². The number of esters is 1. The van der Waals surface area contributed by atoms with Crippen molar-refractivity contribution in [3.63, 3.8) is 0 Å². The molecule has 1 N–H and O–H groups in total. The number of benzene rings is 1. The van der Waals surface area contributed by atoms with Gasteiger partial charge in [-0.2, -0.15) is 13.2 Å². The molecule has 0 aliphatic heterocycles. The summed E-state index contributed by atoms with van der Waals surface area (Å²) in [5.74, 6) is -1.82. The van der Waals surface area contributed by atoms with Gasteiger partial charge in [0.05, 0.1) is 16.8 Å². The summed E-state index contributed by atoms with van der Waals surface area (Å²) < 4.78 is 41.4. The number of aryl methyl sites for hydroxylation is 2. The largest absolute Gasteiger partial charge is 0.449 e. The molecule has 5 nitrogen and oxygen atoms in total. The molecule has 1 amide bonds. The van der Waals surface area contributed by atoms with Crippen molar-refractivity contribution in [2.75, 3.05) is 6.54 Å². The molecule has 1 aromatic carbocycles. The first-order valence-electron chi connectivity index (χ1n) is 7.51. The fourth-order valence-electron chi connectivity index (χ4n) is 2.44. The van der Waals surface area contributed by atoms with Crippen LogP contribution in [0.4, 0.5) is 13.2 Å². The molecular weight excluding hydrogens is 337 g/mol. The zero-order valence-corrected chi connectivity index (χ0v) is 13.9. The van der Waals surface area contributed by atoms with Crippen LogP contribution in [0.15, 0.2) is 24.3 Å². The minimum absolute atomic E-state index is 0.203. The summed E-state index contributed by atoms with van der Waals surface area (Å²) in [5, 5.41) is 2.44. The van der Waals surface area contributed by atoms with Gasteiger partial charge in [0.15, 0.2) is 6.10 Å². The van der Waals surface area contributed by atoms with Crippen LogP contribution in [0.2, 0.25) is 0 Å². The highest BCUT2D eigenvalue weighted by Gasteiger charge is 2.30. The summed E-state index contributed by atoms with van der Waals surface area (Å²) in [6.45, 7) is 3.08. The molecule has 2 aromatic rings. The number of hydrogen-bond donors (Lipinski definition) is 1. The maximum absolute atomic E-state index is 12.4. The summed E-state index contributed by atoms with van der Waals surface area (Å²) in [4.78, 5) is 28.3. The lowest BCUT2D eigenvalue weighted by Crippen LogP contribution is -2.40. The average Bonchev–Trinajstić information content (AvgIpc) is 2.51. The minimum atomic E-state index is -4.53. The molecule has 25 heavy (non-hydrogen) atoms. The number of hydrogen-bond acceptors (Lipinski definition) is 4. The molecule has 0 spiro atoms. The Kier molecular flexibility index (Phi) is 5.30. The van der Waals surface area contributed by atoms with Gasteiger partial charge in [-0.15, -0.1) is 0 Å². The van der Waals surface area contributed by atoms with Gasteiger partial charge in [-0.3, -0.25) is 9.78 Å². The van der Waals surface area contributed by atoms with Crippen molar-refractivity contribution < 1.29 is 27.5 Å². The molecule has 0 aliphatic rings. The Hall–Kier alpha value is -2.64. The molecule has 1 atom stereocenters. The summed E-state index contributed by atoms with van der Waals surface area (Å²) in [6.07, 6.45) is -5.89. The highest BCUT2D eigenvalue weighted by molar-refractivity contribution is 5.99. The summed E-state index contributed by atoms with van der Waals surface area (Å²) in [6, 6.07) is 7.22.